The molecule has 3 aromatic rings. The highest BCUT2D eigenvalue weighted by Crippen LogP contribution is 2.38. The third-order valence-electron chi connectivity index (χ3n) is 6.15. The van der Waals surface area contributed by atoms with Crippen LogP contribution in [0.1, 0.15) is 47.6 Å². The van der Waals surface area contributed by atoms with Gasteiger partial charge >= 0.3 is 5.97 Å². The molecule has 3 aromatic carbocycles. The van der Waals surface area contributed by atoms with Crippen molar-refractivity contribution in [2.24, 2.45) is 5.10 Å². The summed E-state index contributed by atoms with van der Waals surface area (Å²) in [5.74, 6) is -1.34. The normalized spacial score (nSPS) is 15.4. The van der Waals surface area contributed by atoms with Gasteiger partial charge in [-0.15, -0.1) is 0 Å². The van der Waals surface area contributed by atoms with Crippen molar-refractivity contribution in [2.75, 3.05) is 0 Å². The van der Waals surface area contributed by atoms with Crippen molar-refractivity contribution in [1.82, 2.24) is 5.01 Å². The number of halogens is 2. The number of hydrogen-bond acceptors (Lipinski definition) is 3. The van der Waals surface area contributed by atoms with Crippen LogP contribution in [-0.4, -0.2) is 27.7 Å². The fraction of sp³-hybridized carbons (Fsp3) is 0.222. The Morgan fingerprint density at radius 2 is 1.56 bits per heavy atom. The average molecular weight is 495 g/mol. The Morgan fingerprint density at radius 3 is 2.18 bits per heavy atom. The third kappa shape index (κ3) is 5.01. The molecule has 1 atom stereocenters. The van der Waals surface area contributed by atoms with Gasteiger partial charge in [-0.3, -0.25) is 9.59 Å². The van der Waals surface area contributed by atoms with E-state index in [1.54, 1.807) is 12.1 Å². The monoisotopic (exact) mass is 494 g/mol. The van der Waals surface area contributed by atoms with E-state index >= 15 is 0 Å². The summed E-state index contributed by atoms with van der Waals surface area (Å²) in [5, 5.41) is 16.5. The van der Waals surface area contributed by atoms with Gasteiger partial charge in [-0.2, -0.15) is 5.10 Å². The predicted octanol–water partition coefficient (Wildman–Crippen LogP) is 6.82. The molecule has 0 radical (unpaired) electrons. The molecule has 0 bridgehead atoms. The zero-order chi connectivity index (χ0) is 24.4. The van der Waals surface area contributed by atoms with E-state index in [4.69, 9.17) is 33.4 Å². The molecule has 1 N–H and O–H groups in total. The summed E-state index contributed by atoms with van der Waals surface area (Å²) >= 11 is 12.2. The number of carboxylic acids is 1. The number of carbonyl (C=O) groups is 2. The molecule has 0 aliphatic carbocycles. The van der Waals surface area contributed by atoms with E-state index in [9.17, 15) is 9.59 Å². The van der Waals surface area contributed by atoms with E-state index in [-0.39, 0.29) is 24.8 Å². The van der Waals surface area contributed by atoms with Crippen molar-refractivity contribution in [1.29, 1.82) is 0 Å². The molecule has 0 saturated heterocycles. The number of aryl methyl sites for hydroxylation is 1. The van der Waals surface area contributed by atoms with E-state index < -0.39 is 5.97 Å². The van der Waals surface area contributed by atoms with Crippen molar-refractivity contribution in [2.45, 2.75) is 39.2 Å². The lowest BCUT2D eigenvalue weighted by molar-refractivity contribution is -0.141. The quantitative estimate of drug-likeness (QED) is 0.408. The van der Waals surface area contributed by atoms with Crippen LogP contribution in [0.25, 0.3) is 11.1 Å². The molecule has 1 amide bonds. The highest BCUT2D eigenvalue weighted by atomic mass is 35.5. The lowest BCUT2D eigenvalue weighted by atomic mass is 9.88. The van der Waals surface area contributed by atoms with Crippen LogP contribution in [0.15, 0.2) is 65.8 Å². The standard InChI is InChI=1S/C27H24Cl2N2O3/c1-16-3-12-22(27(17(16)2)19-6-10-21(29)11-7-19)23-15-24(18-4-8-20(28)9-5-18)31(30-23)25(32)13-14-26(33)34/h3-12,24H,13-15H2,1-2H3,(H,33,34)/t24-/m1/s1. The topological polar surface area (TPSA) is 70.0 Å². The van der Waals surface area contributed by atoms with Gasteiger partial charge in [0.1, 0.15) is 0 Å². The zero-order valence-corrected chi connectivity index (χ0v) is 20.4. The minimum Gasteiger partial charge on any atom is -0.481 e. The highest BCUT2D eigenvalue weighted by Gasteiger charge is 2.34. The number of carbonyl (C=O) groups excluding carboxylic acids is 1. The lowest BCUT2D eigenvalue weighted by Crippen LogP contribution is -2.27. The Bertz CT molecular complexity index is 1270. The first-order valence-corrected chi connectivity index (χ1v) is 11.7. The van der Waals surface area contributed by atoms with E-state index in [0.717, 1.165) is 39.1 Å². The first-order valence-electron chi connectivity index (χ1n) is 11.0. The minimum absolute atomic E-state index is 0.118. The van der Waals surface area contributed by atoms with Gasteiger partial charge in [0.15, 0.2) is 0 Å². The van der Waals surface area contributed by atoms with Crippen LogP contribution >= 0.6 is 23.2 Å². The van der Waals surface area contributed by atoms with Crippen molar-refractivity contribution in [3.63, 3.8) is 0 Å². The van der Waals surface area contributed by atoms with Crippen LogP contribution < -0.4 is 0 Å². The maximum absolute atomic E-state index is 13.0. The molecule has 0 unspecified atom stereocenters. The number of rotatable bonds is 6. The molecular formula is C27H24Cl2N2O3. The maximum atomic E-state index is 13.0. The Kier molecular flexibility index (Phi) is 7.05. The van der Waals surface area contributed by atoms with Crippen LogP contribution in [0.2, 0.25) is 10.0 Å². The lowest BCUT2D eigenvalue weighted by Gasteiger charge is -2.22. The van der Waals surface area contributed by atoms with Gasteiger partial charge in [0.25, 0.3) is 0 Å². The Balaban J connectivity index is 1.79. The molecule has 4 rings (SSSR count). The van der Waals surface area contributed by atoms with Crippen LogP contribution in [0.4, 0.5) is 0 Å². The van der Waals surface area contributed by atoms with Gasteiger partial charge < -0.3 is 5.11 Å². The van der Waals surface area contributed by atoms with Crippen LogP contribution in [0.5, 0.6) is 0 Å². The Morgan fingerprint density at radius 1 is 0.941 bits per heavy atom. The van der Waals surface area contributed by atoms with Crippen LogP contribution in [0.3, 0.4) is 0 Å². The molecule has 1 heterocycles. The Labute approximate surface area is 208 Å². The molecule has 0 aromatic heterocycles. The van der Waals surface area contributed by atoms with Gasteiger partial charge in [-0.25, -0.2) is 5.01 Å². The summed E-state index contributed by atoms with van der Waals surface area (Å²) in [6.07, 6.45) is 0.143. The Hall–Kier alpha value is -3.15. The van der Waals surface area contributed by atoms with Crippen molar-refractivity contribution < 1.29 is 14.7 Å². The second kappa shape index (κ2) is 10.00. The third-order valence-corrected chi connectivity index (χ3v) is 6.66. The number of amides is 1. The van der Waals surface area contributed by atoms with E-state index in [1.165, 1.54) is 5.01 Å². The van der Waals surface area contributed by atoms with Gasteiger partial charge in [0.05, 0.1) is 18.2 Å². The van der Waals surface area contributed by atoms with Gasteiger partial charge in [0, 0.05) is 28.5 Å². The van der Waals surface area contributed by atoms with E-state index in [2.05, 4.69) is 19.9 Å². The first kappa shape index (κ1) is 24.0. The fourth-order valence-electron chi connectivity index (χ4n) is 4.22. The largest absolute Gasteiger partial charge is 0.481 e. The summed E-state index contributed by atoms with van der Waals surface area (Å²) in [7, 11) is 0. The summed E-state index contributed by atoms with van der Waals surface area (Å²) in [5.41, 5.74) is 6.95. The summed E-state index contributed by atoms with van der Waals surface area (Å²) in [6.45, 7) is 4.14. The number of benzene rings is 3. The zero-order valence-electron chi connectivity index (χ0n) is 18.9. The van der Waals surface area contributed by atoms with E-state index in [0.29, 0.717) is 16.5 Å². The smallest absolute Gasteiger partial charge is 0.303 e. The number of hydrogen-bond donors (Lipinski definition) is 1. The fourth-order valence-corrected chi connectivity index (χ4v) is 4.47. The molecule has 1 aliphatic heterocycles. The van der Waals surface area contributed by atoms with Crippen LogP contribution in [-0.2, 0) is 9.59 Å². The van der Waals surface area contributed by atoms with Crippen LogP contribution in [0, 0.1) is 13.8 Å². The average Bonchev–Trinajstić information content (AvgIpc) is 3.26. The first-order chi connectivity index (χ1) is 16.2. The van der Waals surface area contributed by atoms with Gasteiger partial charge in [-0.05, 0) is 65.9 Å². The number of hydrazone groups is 1. The van der Waals surface area contributed by atoms with Gasteiger partial charge in [-0.1, -0.05) is 59.6 Å². The summed E-state index contributed by atoms with van der Waals surface area (Å²) in [6, 6.07) is 18.8. The maximum Gasteiger partial charge on any atom is 0.303 e. The minimum atomic E-state index is -1.01. The predicted molar refractivity (Wildman–Crippen MR) is 135 cm³/mol. The number of nitrogens with zero attached hydrogens (tertiary/aromatic N) is 2. The molecule has 7 heteroatoms. The van der Waals surface area contributed by atoms with Crippen molar-refractivity contribution in [3.05, 3.63) is 93.0 Å². The molecule has 5 nitrogen and oxygen atoms in total. The van der Waals surface area contributed by atoms with Gasteiger partial charge in [0.2, 0.25) is 5.91 Å². The molecule has 34 heavy (non-hydrogen) atoms. The molecule has 0 spiro atoms. The molecule has 0 saturated carbocycles. The second-order valence-electron chi connectivity index (χ2n) is 8.39. The number of aliphatic carboxylic acids is 1. The molecule has 1 aliphatic rings. The summed E-state index contributed by atoms with van der Waals surface area (Å²) in [4.78, 5) is 24.1. The molecular weight excluding hydrogens is 471 g/mol. The highest BCUT2D eigenvalue weighted by molar-refractivity contribution is 6.30. The SMILES string of the molecule is Cc1ccc(C2=NN(C(=O)CCC(=O)O)[C@@H](c3ccc(Cl)cc3)C2)c(-c2ccc(Cl)cc2)c1C. The van der Waals surface area contributed by atoms with Crippen molar-refractivity contribution >= 4 is 40.8 Å². The summed E-state index contributed by atoms with van der Waals surface area (Å²) < 4.78 is 0. The molecule has 174 valence electrons. The molecule has 0 fully saturated rings. The van der Waals surface area contributed by atoms with E-state index in [1.807, 2.05) is 42.5 Å². The van der Waals surface area contributed by atoms with Crippen molar-refractivity contribution in [3.8, 4) is 11.1 Å². The second-order valence-corrected chi connectivity index (χ2v) is 9.26. The number of carboxylic acid groups (broad SMARTS) is 1.